The van der Waals surface area contributed by atoms with Crippen LogP contribution in [0.5, 0.6) is 0 Å². The van der Waals surface area contributed by atoms with Crippen molar-refractivity contribution in [3.63, 3.8) is 0 Å². The zero-order chi connectivity index (χ0) is 44.5. The molecule has 0 radical (unpaired) electrons. The van der Waals surface area contributed by atoms with Crippen LogP contribution in [0.15, 0.2) is 42.9 Å². The minimum absolute atomic E-state index is 0.0171. The topological polar surface area (TPSA) is 189 Å². The number of halogens is 2. The number of nitrogens with zero attached hydrogens (tertiary/aromatic N) is 9. The summed E-state index contributed by atoms with van der Waals surface area (Å²) >= 11 is 0. The van der Waals surface area contributed by atoms with Gasteiger partial charge in [0.2, 0.25) is 11.8 Å². The number of benzene rings is 1. The summed E-state index contributed by atoms with van der Waals surface area (Å²) < 4.78 is 43.3. The number of aromatic nitrogens is 5. The Morgan fingerprint density at radius 1 is 1.00 bits per heavy atom. The molecule has 3 saturated heterocycles. The first-order chi connectivity index (χ1) is 31.0. The Kier molecular flexibility index (Phi) is 12.7. The molecular formula is C44H53F2N11O7. The lowest BCUT2D eigenvalue weighted by molar-refractivity contribution is -0.136. The maximum Gasteiger partial charge on any atom is 0.284 e. The Morgan fingerprint density at radius 3 is 2.53 bits per heavy atom. The van der Waals surface area contributed by atoms with Gasteiger partial charge < -0.3 is 29.5 Å². The minimum Gasteiger partial charge on any atom is -0.378 e. The van der Waals surface area contributed by atoms with Gasteiger partial charge in [0, 0.05) is 71.7 Å². The van der Waals surface area contributed by atoms with Crippen molar-refractivity contribution in [1.29, 1.82) is 0 Å². The number of hydrogen-bond acceptors (Lipinski definition) is 13. The quantitative estimate of drug-likeness (QED) is 0.136. The van der Waals surface area contributed by atoms with E-state index < -0.39 is 47.7 Å². The van der Waals surface area contributed by atoms with Gasteiger partial charge in [0.1, 0.15) is 17.4 Å². The van der Waals surface area contributed by atoms with Gasteiger partial charge >= 0.3 is 0 Å². The monoisotopic (exact) mass is 885 g/mol. The van der Waals surface area contributed by atoms with Gasteiger partial charge in [0.25, 0.3) is 24.1 Å². The molecule has 340 valence electrons. The molecule has 1 unspecified atom stereocenters. The average Bonchev–Trinajstić information content (AvgIpc) is 4.00. The second-order valence-corrected chi connectivity index (χ2v) is 17.3. The van der Waals surface area contributed by atoms with Crippen molar-refractivity contribution in [2.75, 3.05) is 81.3 Å². The van der Waals surface area contributed by atoms with Crippen LogP contribution in [0.2, 0.25) is 0 Å². The molecule has 1 aliphatic carbocycles. The van der Waals surface area contributed by atoms with Crippen LogP contribution < -0.4 is 20.4 Å². The van der Waals surface area contributed by atoms with Crippen molar-refractivity contribution in [3.05, 3.63) is 65.2 Å². The maximum atomic E-state index is 14.3. The van der Waals surface area contributed by atoms with Crippen LogP contribution in [0.25, 0.3) is 5.65 Å². The molecule has 18 nitrogen and oxygen atoms in total. The predicted octanol–water partition coefficient (Wildman–Crippen LogP) is 4.09. The number of fused-ring (bicyclic) bond motifs is 2. The molecule has 4 fully saturated rings. The van der Waals surface area contributed by atoms with Gasteiger partial charge in [0.15, 0.2) is 11.3 Å². The lowest BCUT2D eigenvalue weighted by Gasteiger charge is -2.36. The Hall–Kier alpha value is -5.86. The number of piperidine rings is 2. The average molecular weight is 886 g/mol. The van der Waals surface area contributed by atoms with Gasteiger partial charge in [-0.3, -0.25) is 38.9 Å². The Bertz CT molecular complexity index is 2400. The van der Waals surface area contributed by atoms with Gasteiger partial charge in [-0.05, 0) is 75.5 Å². The summed E-state index contributed by atoms with van der Waals surface area (Å²) in [7, 11) is 1.87. The van der Waals surface area contributed by atoms with Crippen LogP contribution in [0.4, 0.5) is 26.0 Å². The van der Waals surface area contributed by atoms with E-state index >= 15 is 0 Å². The third-order valence-electron chi connectivity index (χ3n) is 13.2. The number of amides is 5. The summed E-state index contributed by atoms with van der Waals surface area (Å²) in [5.74, 6) is -1.51. The number of imide groups is 2. The summed E-state index contributed by atoms with van der Waals surface area (Å²) in [6, 6.07) is 5.88. The van der Waals surface area contributed by atoms with E-state index in [4.69, 9.17) is 9.47 Å². The molecule has 64 heavy (non-hydrogen) atoms. The van der Waals surface area contributed by atoms with Crippen molar-refractivity contribution in [1.82, 2.24) is 39.5 Å². The fourth-order valence-electron chi connectivity index (χ4n) is 9.73. The first-order valence-electron chi connectivity index (χ1n) is 22.3. The second kappa shape index (κ2) is 18.7. The molecular weight excluding hydrogens is 833 g/mol. The van der Waals surface area contributed by atoms with Crippen LogP contribution in [-0.4, -0.2) is 142 Å². The number of carbonyl (C=O) groups is 5. The first-order valence-corrected chi connectivity index (χ1v) is 22.3. The highest BCUT2D eigenvalue weighted by atomic mass is 19.3. The summed E-state index contributed by atoms with van der Waals surface area (Å²) in [4.78, 5) is 76.6. The first kappa shape index (κ1) is 43.4. The predicted molar refractivity (Wildman–Crippen MR) is 229 cm³/mol. The van der Waals surface area contributed by atoms with Crippen molar-refractivity contribution in [2.45, 2.75) is 82.4 Å². The van der Waals surface area contributed by atoms with E-state index in [0.717, 1.165) is 63.1 Å². The highest BCUT2D eigenvalue weighted by Crippen LogP contribution is 2.37. The number of anilines is 3. The second-order valence-electron chi connectivity index (χ2n) is 17.3. The molecule has 1 saturated carbocycles. The van der Waals surface area contributed by atoms with E-state index in [1.54, 1.807) is 29.1 Å². The highest BCUT2D eigenvalue weighted by Gasteiger charge is 2.46. The third kappa shape index (κ3) is 8.94. The molecule has 1 atom stereocenters. The van der Waals surface area contributed by atoms with E-state index in [9.17, 15) is 32.8 Å². The van der Waals surface area contributed by atoms with Gasteiger partial charge in [-0.25, -0.2) is 18.3 Å². The van der Waals surface area contributed by atoms with Crippen molar-refractivity contribution >= 4 is 52.4 Å². The molecule has 1 aromatic carbocycles. The number of likely N-dealkylation sites (tertiary alicyclic amines) is 1. The number of ether oxygens (including phenoxy) is 2. The van der Waals surface area contributed by atoms with Crippen LogP contribution in [0.1, 0.15) is 107 Å². The van der Waals surface area contributed by atoms with Crippen molar-refractivity contribution in [3.8, 4) is 0 Å². The van der Waals surface area contributed by atoms with Gasteiger partial charge in [0.05, 0.1) is 54.1 Å². The molecule has 5 amide bonds. The van der Waals surface area contributed by atoms with Crippen molar-refractivity contribution in [2.24, 2.45) is 5.92 Å². The number of nitrogens with one attached hydrogen (secondary N) is 2. The van der Waals surface area contributed by atoms with Gasteiger partial charge in [-0.2, -0.15) is 10.2 Å². The standard InChI is InChI=1S/C44H53F2N11O7/c1-52(33-5-2-4-30-37(33)44(62)57(43(30)61)34-10-11-36(58)50-42(34)60)15-3-21-64-29-12-16-53(17-13-29)25-27-6-8-28(9-7-27)56-26-32(38(51-56)39(45)46)48-41(59)31-24-47-55-18-14-35(49-40(31)55)54-19-22-63-23-20-54/h2,4-5,14,18,24,26-29,34,39H,3,6-13,15-17,19-23,25H2,1H3,(H,48,59)(H,50,58,60). The summed E-state index contributed by atoms with van der Waals surface area (Å²) in [6.07, 6.45) is 8.13. The fourth-order valence-corrected chi connectivity index (χ4v) is 9.73. The van der Waals surface area contributed by atoms with Crippen LogP contribution in [0, 0.1) is 5.92 Å². The minimum atomic E-state index is -2.87. The molecule has 0 spiro atoms. The van der Waals surface area contributed by atoms with Crippen LogP contribution in [-0.2, 0) is 19.1 Å². The zero-order valence-corrected chi connectivity index (χ0v) is 35.8. The Labute approximate surface area is 368 Å². The molecule has 4 aromatic rings. The smallest absolute Gasteiger partial charge is 0.284 e. The van der Waals surface area contributed by atoms with Crippen molar-refractivity contribution < 1.29 is 42.2 Å². The SMILES string of the molecule is CN(CCCOC1CCN(CC2CCC(n3cc(NC(=O)c4cnn5ccc(N6CCOCC6)nc45)c(C(F)F)n3)CC2)CC1)c1cccc2c1C(=O)N(C1CCC(=O)NC1=O)C2=O. The van der Waals surface area contributed by atoms with E-state index in [0.29, 0.717) is 68.9 Å². The number of hydrogen-bond donors (Lipinski definition) is 2. The largest absolute Gasteiger partial charge is 0.378 e. The molecule has 3 aromatic heterocycles. The molecule has 9 rings (SSSR count). The lowest BCUT2D eigenvalue weighted by Crippen LogP contribution is -2.54. The molecule has 5 aliphatic rings. The third-order valence-corrected chi connectivity index (χ3v) is 13.2. The molecule has 7 heterocycles. The Morgan fingerprint density at radius 2 is 1.78 bits per heavy atom. The summed E-state index contributed by atoms with van der Waals surface area (Å²) in [5, 5.41) is 13.4. The Balaban J connectivity index is 0.710. The van der Waals surface area contributed by atoms with E-state index in [2.05, 4.69) is 35.6 Å². The van der Waals surface area contributed by atoms with E-state index in [-0.39, 0.29) is 47.4 Å². The number of rotatable bonds is 14. The van der Waals surface area contributed by atoms with Gasteiger partial charge in [-0.15, -0.1) is 0 Å². The summed E-state index contributed by atoms with van der Waals surface area (Å²) in [6.45, 7) is 6.46. The van der Waals surface area contributed by atoms with Crippen LogP contribution >= 0.6 is 0 Å². The lowest BCUT2D eigenvalue weighted by atomic mass is 9.85. The van der Waals surface area contributed by atoms with Gasteiger partial charge in [-0.1, -0.05) is 6.07 Å². The normalized spacial score (nSPS) is 22.4. The van der Waals surface area contributed by atoms with Crippen LogP contribution in [0.3, 0.4) is 0 Å². The fraction of sp³-hybridized carbons (Fsp3) is 0.545. The maximum absolute atomic E-state index is 14.3. The number of carbonyl (C=O) groups excluding carboxylic acids is 5. The molecule has 4 aliphatic heterocycles. The molecule has 20 heteroatoms. The van der Waals surface area contributed by atoms with E-state index in [1.165, 1.54) is 16.9 Å². The summed E-state index contributed by atoms with van der Waals surface area (Å²) in [5.41, 5.74) is 1.18. The highest BCUT2D eigenvalue weighted by molar-refractivity contribution is 6.25. The van der Waals surface area contributed by atoms with E-state index in [1.807, 2.05) is 18.0 Å². The number of alkyl halides is 2. The molecule has 2 N–H and O–H groups in total. The molecule has 0 bridgehead atoms. The number of morpholine rings is 1. The zero-order valence-electron chi connectivity index (χ0n) is 35.8.